The summed E-state index contributed by atoms with van der Waals surface area (Å²) in [5.74, 6) is 0.579. The molecule has 0 saturated heterocycles. The molecule has 1 aromatic heterocycles. The number of hydrogen-bond donors (Lipinski definition) is 2. The maximum absolute atomic E-state index is 13.6. The van der Waals surface area contributed by atoms with Crippen LogP contribution in [0.2, 0.25) is 0 Å². The molecule has 22 heavy (non-hydrogen) atoms. The van der Waals surface area contributed by atoms with Crippen molar-refractivity contribution in [3.63, 3.8) is 0 Å². The smallest absolute Gasteiger partial charge is 0.315 e. The molecule has 2 amide bonds. The lowest BCUT2D eigenvalue weighted by atomic mass is 10.1. The third-order valence-electron chi connectivity index (χ3n) is 3.50. The van der Waals surface area contributed by atoms with Gasteiger partial charge in [-0.3, -0.25) is 0 Å². The molecule has 2 rings (SSSR count). The minimum atomic E-state index is -0.390. The van der Waals surface area contributed by atoms with E-state index in [9.17, 15) is 9.18 Å². The van der Waals surface area contributed by atoms with Gasteiger partial charge in [-0.1, -0.05) is 18.2 Å². The highest BCUT2D eigenvalue weighted by Gasteiger charge is 2.14. The number of halogens is 1. The fourth-order valence-electron chi connectivity index (χ4n) is 2.25. The minimum Gasteiger partial charge on any atom is -0.469 e. The van der Waals surface area contributed by atoms with Crippen molar-refractivity contribution >= 4 is 6.03 Å². The van der Waals surface area contributed by atoms with Crippen LogP contribution in [0.5, 0.6) is 0 Å². The van der Waals surface area contributed by atoms with Crippen LogP contribution in [-0.2, 0) is 6.42 Å². The molecule has 118 valence electrons. The summed E-state index contributed by atoms with van der Waals surface area (Å²) in [7, 11) is 0. The molecular formula is C17H21FN2O2. The Morgan fingerprint density at radius 3 is 2.64 bits per heavy atom. The monoisotopic (exact) mass is 304 g/mol. The fourth-order valence-corrected chi connectivity index (χ4v) is 2.25. The molecule has 0 bridgehead atoms. The summed E-state index contributed by atoms with van der Waals surface area (Å²) in [5.41, 5.74) is 0.473. The molecule has 1 heterocycles. The third-order valence-corrected chi connectivity index (χ3v) is 3.50. The molecule has 0 unspecified atom stereocenters. The van der Waals surface area contributed by atoms with Crippen molar-refractivity contribution in [1.29, 1.82) is 0 Å². The van der Waals surface area contributed by atoms with E-state index in [4.69, 9.17) is 4.42 Å². The van der Waals surface area contributed by atoms with Crippen molar-refractivity contribution < 1.29 is 13.6 Å². The molecule has 0 aliphatic rings. The molecule has 0 spiro atoms. The molecule has 4 nitrogen and oxygen atoms in total. The Morgan fingerprint density at radius 1 is 1.18 bits per heavy atom. The molecule has 0 saturated carbocycles. The first kappa shape index (κ1) is 16.1. The van der Waals surface area contributed by atoms with Crippen molar-refractivity contribution in [2.24, 2.45) is 0 Å². The van der Waals surface area contributed by atoms with Crippen molar-refractivity contribution in [3.05, 3.63) is 59.8 Å². The zero-order valence-corrected chi connectivity index (χ0v) is 12.8. The van der Waals surface area contributed by atoms with E-state index in [1.54, 1.807) is 31.4 Å². The third kappa shape index (κ3) is 4.62. The predicted molar refractivity (Wildman–Crippen MR) is 83.0 cm³/mol. The van der Waals surface area contributed by atoms with Gasteiger partial charge in [0.1, 0.15) is 11.6 Å². The fraction of sp³-hybridized carbons (Fsp3) is 0.353. The highest BCUT2D eigenvalue weighted by molar-refractivity contribution is 5.74. The number of amides is 2. The van der Waals surface area contributed by atoms with E-state index < -0.39 is 6.04 Å². The standard InChI is InChI=1S/C17H21FN2O2/c1-12(9-10-14-6-5-11-22-14)19-17(21)20-13(2)15-7-3-4-8-16(15)18/h3-8,11-13H,9-10H2,1-2H3,(H2,19,20,21)/t12-,13+/m0/s1. The molecule has 0 aliphatic heterocycles. The van der Waals surface area contributed by atoms with Crippen LogP contribution >= 0.6 is 0 Å². The van der Waals surface area contributed by atoms with E-state index in [1.165, 1.54) is 6.07 Å². The van der Waals surface area contributed by atoms with Crippen LogP contribution in [0.25, 0.3) is 0 Å². The number of carbonyl (C=O) groups is 1. The predicted octanol–water partition coefficient (Wildman–Crippen LogP) is 3.80. The SMILES string of the molecule is C[C@@H](CCc1ccco1)NC(=O)N[C@H](C)c1ccccc1F. The number of urea groups is 1. The Hall–Kier alpha value is -2.30. The van der Waals surface area contributed by atoms with E-state index >= 15 is 0 Å². The summed E-state index contributed by atoms with van der Waals surface area (Å²) in [6.45, 7) is 3.68. The quantitative estimate of drug-likeness (QED) is 0.853. The van der Waals surface area contributed by atoms with Crippen molar-refractivity contribution in [3.8, 4) is 0 Å². The zero-order chi connectivity index (χ0) is 15.9. The average molecular weight is 304 g/mol. The van der Waals surface area contributed by atoms with Gasteiger partial charge in [-0.05, 0) is 38.5 Å². The molecule has 0 radical (unpaired) electrons. The lowest BCUT2D eigenvalue weighted by Gasteiger charge is -2.18. The Morgan fingerprint density at radius 2 is 1.95 bits per heavy atom. The van der Waals surface area contributed by atoms with Crippen LogP contribution < -0.4 is 10.6 Å². The number of rotatable bonds is 6. The van der Waals surface area contributed by atoms with Gasteiger partial charge in [-0.25, -0.2) is 9.18 Å². The number of furan rings is 1. The summed E-state index contributed by atoms with van der Waals surface area (Å²) in [6.07, 6.45) is 3.17. The highest BCUT2D eigenvalue weighted by atomic mass is 19.1. The van der Waals surface area contributed by atoms with Gasteiger partial charge in [0.25, 0.3) is 0 Å². The van der Waals surface area contributed by atoms with Crippen LogP contribution in [-0.4, -0.2) is 12.1 Å². The van der Waals surface area contributed by atoms with Crippen LogP contribution in [0.15, 0.2) is 47.1 Å². The first-order valence-corrected chi connectivity index (χ1v) is 7.40. The summed E-state index contributed by atoms with van der Waals surface area (Å²) in [6, 6.07) is 9.49. The molecule has 0 aliphatic carbocycles. The lowest BCUT2D eigenvalue weighted by molar-refractivity contribution is 0.234. The van der Waals surface area contributed by atoms with Crippen LogP contribution in [0.1, 0.15) is 37.6 Å². The van der Waals surface area contributed by atoms with Gasteiger partial charge in [0.2, 0.25) is 0 Å². The van der Waals surface area contributed by atoms with Crippen molar-refractivity contribution in [2.75, 3.05) is 0 Å². The molecule has 2 aromatic rings. The first-order valence-electron chi connectivity index (χ1n) is 7.40. The second kappa shape index (κ2) is 7.64. The van der Waals surface area contributed by atoms with Crippen LogP contribution in [0.4, 0.5) is 9.18 Å². The first-order chi connectivity index (χ1) is 10.6. The molecule has 1 aromatic carbocycles. The van der Waals surface area contributed by atoms with Crippen LogP contribution in [0.3, 0.4) is 0 Å². The topological polar surface area (TPSA) is 54.3 Å². The number of nitrogens with one attached hydrogen (secondary N) is 2. The van der Waals surface area contributed by atoms with E-state index in [1.807, 2.05) is 19.1 Å². The van der Waals surface area contributed by atoms with E-state index in [0.717, 1.165) is 18.6 Å². The molecule has 2 N–H and O–H groups in total. The molecule has 0 fully saturated rings. The van der Waals surface area contributed by atoms with Crippen molar-refractivity contribution in [1.82, 2.24) is 10.6 Å². The van der Waals surface area contributed by atoms with Gasteiger partial charge < -0.3 is 15.1 Å². The Kier molecular flexibility index (Phi) is 5.58. The van der Waals surface area contributed by atoms with Gasteiger partial charge in [0, 0.05) is 18.0 Å². The molecule has 2 atom stereocenters. The maximum atomic E-state index is 13.6. The van der Waals surface area contributed by atoms with Crippen molar-refractivity contribution in [2.45, 2.75) is 38.8 Å². The van der Waals surface area contributed by atoms with Gasteiger partial charge in [0.05, 0.1) is 12.3 Å². The van der Waals surface area contributed by atoms with Gasteiger partial charge in [-0.2, -0.15) is 0 Å². The number of aryl methyl sites for hydroxylation is 1. The number of benzene rings is 1. The van der Waals surface area contributed by atoms with Gasteiger partial charge in [0.15, 0.2) is 0 Å². The maximum Gasteiger partial charge on any atom is 0.315 e. The zero-order valence-electron chi connectivity index (χ0n) is 12.8. The second-order valence-corrected chi connectivity index (χ2v) is 5.38. The Balaban J connectivity index is 1.78. The van der Waals surface area contributed by atoms with Gasteiger partial charge in [-0.15, -0.1) is 0 Å². The van der Waals surface area contributed by atoms with Crippen LogP contribution in [0, 0.1) is 5.82 Å². The lowest BCUT2D eigenvalue weighted by Crippen LogP contribution is -2.42. The second-order valence-electron chi connectivity index (χ2n) is 5.38. The van der Waals surface area contributed by atoms with Gasteiger partial charge >= 0.3 is 6.03 Å². The summed E-state index contributed by atoms with van der Waals surface area (Å²) >= 11 is 0. The largest absolute Gasteiger partial charge is 0.469 e. The van der Waals surface area contributed by atoms with E-state index in [-0.39, 0.29) is 17.9 Å². The summed E-state index contributed by atoms with van der Waals surface area (Å²) in [4.78, 5) is 11.9. The Bertz CT molecular complexity index is 598. The number of hydrogen-bond acceptors (Lipinski definition) is 2. The number of carbonyl (C=O) groups excluding carboxylic acids is 1. The summed E-state index contributed by atoms with van der Waals surface area (Å²) in [5, 5.41) is 5.60. The molecule has 5 heteroatoms. The Labute approximate surface area is 129 Å². The minimum absolute atomic E-state index is 0.00193. The summed E-state index contributed by atoms with van der Waals surface area (Å²) < 4.78 is 18.9. The average Bonchev–Trinajstić information content (AvgIpc) is 2.98. The van der Waals surface area contributed by atoms with E-state index in [2.05, 4.69) is 10.6 Å². The normalized spacial score (nSPS) is 13.4. The highest BCUT2D eigenvalue weighted by Crippen LogP contribution is 2.15. The molecular weight excluding hydrogens is 283 g/mol. The van der Waals surface area contributed by atoms with E-state index in [0.29, 0.717) is 5.56 Å².